The van der Waals surface area contributed by atoms with Gasteiger partial charge in [-0.05, 0) is 68.8 Å². The fourth-order valence-corrected chi connectivity index (χ4v) is 6.34. The molecule has 1 aromatic carbocycles. The molecular weight excluding hydrogens is 458 g/mol. The van der Waals surface area contributed by atoms with E-state index in [0.29, 0.717) is 5.41 Å². The van der Waals surface area contributed by atoms with Crippen LogP contribution in [0.3, 0.4) is 0 Å². The number of aryl methyl sites for hydroxylation is 1. The molecule has 200 valence electrons. The summed E-state index contributed by atoms with van der Waals surface area (Å²) in [5, 5.41) is 0. The van der Waals surface area contributed by atoms with Crippen molar-refractivity contribution in [3.8, 4) is 0 Å². The molecule has 2 aliphatic rings. The fraction of sp³-hybridized carbons (Fsp3) is 0.600. The van der Waals surface area contributed by atoms with Gasteiger partial charge in [0.2, 0.25) is 5.95 Å². The van der Waals surface area contributed by atoms with E-state index in [1.165, 1.54) is 70.5 Å². The predicted molar refractivity (Wildman–Crippen MR) is 151 cm³/mol. The van der Waals surface area contributed by atoms with Gasteiger partial charge in [0.05, 0.1) is 13.1 Å². The molecule has 1 spiro atoms. The lowest BCUT2D eigenvalue weighted by atomic mass is 9.77. The van der Waals surface area contributed by atoms with Gasteiger partial charge < -0.3 is 23.8 Å². The number of imidazole rings is 2. The van der Waals surface area contributed by atoms with Crippen LogP contribution < -0.4 is 4.90 Å². The molecular formula is C30H45N7. The number of aromatic nitrogens is 4. The first kappa shape index (κ1) is 26.0. The van der Waals surface area contributed by atoms with Crippen molar-refractivity contribution in [1.82, 2.24) is 28.9 Å². The molecule has 2 fully saturated rings. The molecule has 3 aromatic rings. The van der Waals surface area contributed by atoms with Gasteiger partial charge in [-0.2, -0.15) is 0 Å². The molecule has 2 saturated heterocycles. The number of hydrogen-bond acceptors (Lipinski definition) is 5. The molecule has 0 unspecified atom stereocenters. The molecule has 2 aliphatic heterocycles. The molecule has 37 heavy (non-hydrogen) atoms. The highest BCUT2D eigenvalue weighted by molar-refractivity contribution is 5.32. The van der Waals surface area contributed by atoms with Crippen molar-refractivity contribution in [1.29, 1.82) is 0 Å². The molecule has 0 bridgehead atoms. The number of anilines is 1. The van der Waals surface area contributed by atoms with Gasteiger partial charge in [0, 0.05) is 51.5 Å². The Morgan fingerprint density at radius 3 is 2.35 bits per heavy atom. The van der Waals surface area contributed by atoms with E-state index < -0.39 is 0 Å². The summed E-state index contributed by atoms with van der Waals surface area (Å²) in [6.45, 7) is 14.9. The van der Waals surface area contributed by atoms with Crippen LogP contribution in [0.25, 0.3) is 0 Å². The predicted octanol–water partition coefficient (Wildman–Crippen LogP) is 4.60. The highest BCUT2D eigenvalue weighted by Crippen LogP contribution is 2.40. The molecule has 0 saturated carbocycles. The third kappa shape index (κ3) is 6.63. The van der Waals surface area contributed by atoms with Gasteiger partial charge in [-0.15, -0.1) is 0 Å². The standard InChI is InChI=1S/C30H45N7/c1-26(2)22-34-17-10-30(11-18-34)12-19-35(25-30)15-7-16-36-20-13-31-28(36)24-33(3)29-32-14-21-37(29)23-27-8-5-4-6-9-27/h4-6,8-9,13-14,20-21,26H,7,10-12,15-19,22-25H2,1-3H3. The molecule has 7 heteroatoms. The molecule has 0 radical (unpaired) electrons. The molecule has 0 atom stereocenters. The zero-order valence-corrected chi connectivity index (χ0v) is 23.1. The Morgan fingerprint density at radius 1 is 0.892 bits per heavy atom. The largest absolute Gasteiger partial charge is 0.338 e. The number of nitrogens with zero attached hydrogens (tertiary/aromatic N) is 7. The number of benzene rings is 1. The van der Waals surface area contributed by atoms with Crippen molar-refractivity contribution < 1.29 is 0 Å². The van der Waals surface area contributed by atoms with Gasteiger partial charge in [0.1, 0.15) is 5.82 Å². The zero-order valence-electron chi connectivity index (χ0n) is 23.1. The van der Waals surface area contributed by atoms with Crippen LogP contribution in [0.1, 0.15) is 50.9 Å². The van der Waals surface area contributed by atoms with Crippen LogP contribution in [0.2, 0.25) is 0 Å². The lowest BCUT2D eigenvalue weighted by Gasteiger charge is -2.40. The summed E-state index contributed by atoms with van der Waals surface area (Å²) < 4.78 is 4.54. The van der Waals surface area contributed by atoms with Crippen LogP contribution in [0.15, 0.2) is 55.1 Å². The van der Waals surface area contributed by atoms with Crippen LogP contribution in [-0.2, 0) is 19.6 Å². The Morgan fingerprint density at radius 2 is 1.59 bits per heavy atom. The lowest BCUT2D eigenvalue weighted by molar-refractivity contribution is 0.0989. The molecule has 0 N–H and O–H groups in total. The maximum Gasteiger partial charge on any atom is 0.205 e. The SMILES string of the molecule is CC(C)CN1CCC2(CC1)CCN(CCCn1ccnc1CN(C)c1nccn1Cc1ccccc1)C2. The van der Waals surface area contributed by atoms with E-state index in [1.54, 1.807) is 0 Å². The van der Waals surface area contributed by atoms with Crippen molar-refractivity contribution in [2.24, 2.45) is 11.3 Å². The minimum Gasteiger partial charge on any atom is -0.338 e. The Labute approximate surface area is 223 Å². The number of rotatable bonds is 11. The van der Waals surface area contributed by atoms with Gasteiger partial charge in [0.15, 0.2) is 0 Å². The van der Waals surface area contributed by atoms with Gasteiger partial charge in [-0.3, -0.25) is 0 Å². The third-order valence-corrected chi connectivity index (χ3v) is 8.34. The zero-order chi connectivity index (χ0) is 25.7. The summed E-state index contributed by atoms with van der Waals surface area (Å²) in [7, 11) is 2.11. The van der Waals surface area contributed by atoms with Crippen LogP contribution in [0, 0.1) is 11.3 Å². The minimum absolute atomic E-state index is 0.581. The average Bonchev–Trinajstić information content (AvgIpc) is 3.63. The van der Waals surface area contributed by atoms with Crippen molar-refractivity contribution in [2.75, 3.05) is 51.2 Å². The summed E-state index contributed by atoms with van der Waals surface area (Å²) in [5.41, 5.74) is 1.86. The topological polar surface area (TPSA) is 45.4 Å². The van der Waals surface area contributed by atoms with E-state index in [1.807, 2.05) is 12.4 Å². The monoisotopic (exact) mass is 503 g/mol. The van der Waals surface area contributed by atoms with Gasteiger partial charge >= 0.3 is 0 Å². The molecule has 0 amide bonds. The smallest absolute Gasteiger partial charge is 0.205 e. The highest BCUT2D eigenvalue weighted by Gasteiger charge is 2.40. The van der Waals surface area contributed by atoms with Crippen LogP contribution in [0.4, 0.5) is 5.95 Å². The summed E-state index contributed by atoms with van der Waals surface area (Å²) in [4.78, 5) is 16.9. The minimum atomic E-state index is 0.581. The molecule has 0 aliphatic carbocycles. The summed E-state index contributed by atoms with van der Waals surface area (Å²) in [6, 6.07) is 10.6. The lowest BCUT2D eigenvalue weighted by Crippen LogP contribution is -2.42. The normalized spacial score (nSPS) is 18.3. The first-order valence-corrected chi connectivity index (χ1v) is 14.2. The van der Waals surface area contributed by atoms with Gasteiger partial charge in [-0.1, -0.05) is 44.2 Å². The van der Waals surface area contributed by atoms with Crippen molar-refractivity contribution in [2.45, 2.75) is 59.2 Å². The first-order valence-electron chi connectivity index (χ1n) is 14.2. The first-order chi connectivity index (χ1) is 18.0. The number of likely N-dealkylation sites (tertiary alicyclic amines) is 2. The Hall–Kier alpha value is -2.64. The van der Waals surface area contributed by atoms with Crippen molar-refractivity contribution in [3.05, 3.63) is 66.5 Å². The third-order valence-electron chi connectivity index (χ3n) is 8.34. The Kier molecular flexibility index (Phi) is 8.30. The van der Waals surface area contributed by atoms with Crippen LogP contribution in [-0.4, -0.2) is 75.2 Å². The highest BCUT2D eigenvalue weighted by atomic mass is 15.3. The van der Waals surface area contributed by atoms with E-state index in [9.17, 15) is 0 Å². The van der Waals surface area contributed by atoms with E-state index in [-0.39, 0.29) is 0 Å². The fourth-order valence-electron chi connectivity index (χ4n) is 6.34. The number of piperidine rings is 1. The molecule has 5 rings (SSSR count). The van der Waals surface area contributed by atoms with Crippen LogP contribution >= 0.6 is 0 Å². The average molecular weight is 504 g/mol. The van der Waals surface area contributed by atoms with E-state index in [2.05, 4.69) is 92.4 Å². The van der Waals surface area contributed by atoms with Gasteiger partial charge in [0.25, 0.3) is 0 Å². The molecule has 7 nitrogen and oxygen atoms in total. The van der Waals surface area contributed by atoms with Gasteiger partial charge in [-0.25, -0.2) is 9.97 Å². The van der Waals surface area contributed by atoms with E-state index >= 15 is 0 Å². The Balaban J connectivity index is 1.09. The quantitative estimate of drug-likeness (QED) is 0.383. The summed E-state index contributed by atoms with van der Waals surface area (Å²) in [5.74, 6) is 2.85. The summed E-state index contributed by atoms with van der Waals surface area (Å²) in [6.07, 6.45) is 13.3. The second kappa shape index (κ2) is 11.8. The second-order valence-electron chi connectivity index (χ2n) is 11.8. The van der Waals surface area contributed by atoms with Crippen molar-refractivity contribution >= 4 is 5.95 Å². The van der Waals surface area contributed by atoms with E-state index in [4.69, 9.17) is 4.98 Å². The molecule has 4 heterocycles. The van der Waals surface area contributed by atoms with E-state index in [0.717, 1.165) is 37.3 Å². The Bertz CT molecular complexity index is 1090. The maximum absolute atomic E-state index is 4.69. The van der Waals surface area contributed by atoms with Crippen molar-refractivity contribution in [3.63, 3.8) is 0 Å². The summed E-state index contributed by atoms with van der Waals surface area (Å²) >= 11 is 0. The number of hydrogen-bond donors (Lipinski definition) is 0. The van der Waals surface area contributed by atoms with Crippen LogP contribution in [0.5, 0.6) is 0 Å². The molecule has 2 aromatic heterocycles. The second-order valence-corrected chi connectivity index (χ2v) is 11.8. The maximum atomic E-state index is 4.69.